The van der Waals surface area contributed by atoms with Gasteiger partial charge in [-0.15, -0.1) is 0 Å². The van der Waals surface area contributed by atoms with E-state index in [-0.39, 0.29) is 24.6 Å². The zero-order valence-electron chi connectivity index (χ0n) is 15.2. The summed E-state index contributed by atoms with van der Waals surface area (Å²) in [6.07, 6.45) is 5.50. The number of phenolic OH excluding ortho intramolecular Hbond substituents is 1. The van der Waals surface area contributed by atoms with Gasteiger partial charge in [0.2, 0.25) is 0 Å². The monoisotopic (exact) mass is 354 g/mol. The van der Waals surface area contributed by atoms with E-state index in [1.54, 1.807) is 13.2 Å². The van der Waals surface area contributed by atoms with E-state index < -0.39 is 0 Å². The second-order valence-electron chi connectivity index (χ2n) is 7.36. The molecule has 138 valence electrons. The lowest BCUT2D eigenvalue weighted by Gasteiger charge is -2.30. The number of aliphatic hydroxyl groups is 1. The lowest BCUT2D eigenvalue weighted by Crippen LogP contribution is -2.25. The van der Waals surface area contributed by atoms with Crippen molar-refractivity contribution in [1.29, 1.82) is 0 Å². The van der Waals surface area contributed by atoms with Crippen LogP contribution in [0.25, 0.3) is 0 Å². The second kappa shape index (κ2) is 7.29. The van der Waals surface area contributed by atoms with E-state index >= 15 is 0 Å². The molecule has 0 spiro atoms. The maximum Gasteiger partial charge on any atom is 0.126 e. The molecule has 2 N–H and O–H groups in total. The Morgan fingerprint density at radius 3 is 2.65 bits per heavy atom. The quantitative estimate of drug-likeness (QED) is 0.860. The third kappa shape index (κ3) is 3.31. The first-order valence-corrected chi connectivity index (χ1v) is 9.44. The Labute approximate surface area is 154 Å². The summed E-state index contributed by atoms with van der Waals surface area (Å²) in [5, 5.41) is 19.9. The average Bonchev–Trinajstić information content (AvgIpc) is 2.65. The van der Waals surface area contributed by atoms with Gasteiger partial charge in [0.15, 0.2) is 0 Å². The average molecular weight is 354 g/mol. The molecule has 2 aromatic carbocycles. The Morgan fingerprint density at radius 2 is 1.96 bits per heavy atom. The molecular weight excluding hydrogens is 328 g/mol. The van der Waals surface area contributed by atoms with Gasteiger partial charge in [-0.1, -0.05) is 18.2 Å². The van der Waals surface area contributed by atoms with Crippen molar-refractivity contribution in [3.05, 3.63) is 58.1 Å². The van der Waals surface area contributed by atoms with Crippen molar-refractivity contribution in [3.63, 3.8) is 0 Å². The molecule has 0 bridgehead atoms. The molecule has 2 unspecified atom stereocenters. The van der Waals surface area contributed by atoms with Crippen LogP contribution in [-0.4, -0.2) is 30.0 Å². The van der Waals surface area contributed by atoms with Gasteiger partial charge in [-0.05, 0) is 60.4 Å². The molecule has 2 aliphatic rings. The minimum Gasteiger partial charge on any atom is -0.507 e. The first-order chi connectivity index (χ1) is 12.7. The van der Waals surface area contributed by atoms with E-state index in [1.807, 2.05) is 6.07 Å². The molecule has 0 radical (unpaired) electrons. The number of methoxy groups -OCH3 is 1. The summed E-state index contributed by atoms with van der Waals surface area (Å²) in [5.74, 6) is 0.898. The molecule has 4 rings (SSSR count). The zero-order chi connectivity index (χ0) is 18.1. The predicted octanol–water partition coefficient (Wildman–Crippen LogP) is 3.69. The lowest BCUT2D eigenvalue weighted by molar-refractivity contribution is -0.0744. The maximum absolute atomic E-state index is 10.5. The van der Waals surface area contributed by atoms with Crippen molar-refractivity contribution >= 4 is 0 Å². The summed E-state index contributed by atoms with van der Waals surface area (Å²) in [5.41, 5.74) is 6.01. The van der Waals surface area contributed by atoms with Gasteiger partial charge < -0.3 is 19.7 Å². The molecule has 2 atom stereocenters. The lowest BCUT2D eigenvalue weighted by atomic mass is 9.86. The van der Waals surface area contributed by atoms with Crippen LogP contribution >= 0.6 is 0 Å². The molecule has 4 heteroatoms. The van der Waals surface area contributed by atoms with Crippen LogP contribution in [0.15, 0.2) is 30.3 Å². The molecule has 1 aliphatic heterocycles. The molecule has 26 heavy (non-hydrogen) atoms. The molecule has 2 aromatic rings. The van der Waals surface area contributed by atoms with Crippen LogP contribution in [0.4, 0.5) is 0 Å². The number of hydrogen-bond donors (Lipinski definition) is 2. The van der Waals surface area contributed by atoms with Crippen molar-refractivity contribution in [3.8, 4) is 11.5 Å². The van der Waals surface area contributed by atoms with Crippen LogP contribution in [-0.2, 0) is 24.0 Å². The Kier molecular flexibility index (Phi) is 4.88. The number of aliphatic hydroxyl groups excluding tert-OH is 1. The standard InChI is InChI=1S/C22H26O4/c1-25-22-12-20(24)19(21-4-2-3-18(13-23)26-21)11-17(22)10-14-5-6-15-7-8-16(15)9-14/h5-6,9,11-12,18,21,23-24H,2-4,7-8,10,13H2,1H3. The van der Waals surface area contributed by atoms with Crippen molar-refractivity contribution in [1.82, 2.24) is 0 Å². The third-order valence-electron chi connectivity index (χ3n) is 5.66. The topological polar surface area (TPSA) is 58.9 Å². The summed E-state index contributed by atoms with van der Waals surface area (Å²) in [7, 11) is 1.63. The van der Waals surface area contributed by atoms with Gasteiger partial charge in [0, 0.05) is 18.1 Å². The third-order valence-corrected chi connectivity index (χ3v) is 5.66. The van der Waals surface area contributed by atoms with Gasteiger partial charge in [0.05, 0.1) is 25.9 Å². The fourth-order valence-electron chi connectivity index (χ4n) is 4.06. The van der Waals surface area contributed by atoms with E-state index in [9.17, 15) is 10.2 Å². The minimum absolute atomic E-state index is 0.0232. The highest BCUT2D eigenvalue weighted by Crippen LogP contribution is 2.39. The highest BCUT2D eigenvalue weighted by molar-refractivity contribution is 5.49. The van der Waals surface area contributed by atoms with Gasteiger partial charge in [-0.25, -0.2) is 0 Å². The molecule has 0 amide bonds. The van der Waals surface area contributed by atoms with Gasteiger partial charge in [-0.3, -0.25) is 0 Å². The number of aromatic hydroxyl groups is 1. The van der Waals surface area contributed by atoms with Gasteiger partial charge in [0.1, 0.15) is 11.5 Å². The largest absolute Gasteiger partial charge is 0.507 e. The summed E-state index contributed by atoms with van der Waals surface area (Å²) in [6, 6.07) is 10.4. The van der Waals surface area contributed by atoms with Crippen molar-refractivity contribution in [2.24, 2.45) is 0 Å². The second-order valence-corrected chi connectivity index (χ2v) is 7.36. The number of ether oxygens (including phenoxy) is 2. The van der Waals surface area contributed by atoms with E-state index in [4.69, 9.17) is 9.47 Å². The van der Waals surface area contributed by atoms with Gasteiger partial charge >= 0.3 is 0 Å². The van der Waals surface area contributed by atoms with E-state index in [1.165, 1.54) is 29.5 Å². The SMILES string of the molecule is COc1cc(O)c(C2CCCC(CO)O2)cc1Cc1ccc2c(c1)CC2. The molecule has 4 nitrogen and oxygen atoms in total. The molecule has 1 saturated heterocycles. The van der Waals surface area contributed by atoms with Crippen LogP contribution in [0, 0.1) is 0 Å². The number of rotatable bonds is 5. The Balaban J connectivity index is 1.63. The summed E-state index contributed by atoms with van der Waals surface area (Å²) in [4.78, 5) is 0. The first-order valence-electron chi connectivity index (χ1n) is 9.44. The number of benzene rings is 2. The zero-order valence-corrected chi connectivity index (χ0v) is 15.2. The summed E-state index contributed by atoms with van der Waals surface area (Å²) >= 11 is 0. The number of phenols is 1. The highest BCUT2D eigenvalue weighted by Gasteiger charge is 2.26. The number of aryl methyl sites for hydroxylation is 2. The Hall–Kier alpha value is -2.04. The summed E-state index contributed by atoms with van der Waals surface area (Å²) in [6.45, 7) is 0.0232. The fourth-order valence-corrected chi connectivity index (χ4v) is 4.06. The molecule has 0 aromatic heterocycles. The van der Waals surface area contributed by atoms with Crippen LogP contribution in [0.2, 0.25) is 0 Å². The molecule has 1 fully saturated rings. The van der Waals surface area contributed by atoms with Crippen LogP contribution in [0.1, 0.15) is 53.2 Å². The van der Waals surface area contributed by atoms with Gasteiger partial charge in [-0.2, -0.15) is 0 Å². The molecular formula is C22H26O4. The predicted molar refractivity (Wildman–Crippen MR) is 99.9 cm³/mol. The molecule has 1 aliphatic carbocycles. The smallest absolute Gasteiger partial charge is 0.126 e. The molecule has 1 heterocycles. The maximum atomic E-state index is 10.5. The minimum atomic E-state index is -0.178. The van der Waals surface area contributed by atoms with Crippen molar-refractivity contribution < 1.29 is 19.7 Å². The fraction of sp³-hybridized carbons (Fsp3) is 0.455. The Bertz CT molecular complexity index is 799. The van der Waals surface area contributed by atoms with Crippen molar-refractivity contribution in [2.75, 3.05) is 13.7 Å². The molecule has 0 saturated carbocycles. The van der Waals surface area contributed by atoms with E-state index in [2.05, 4.69) is 18.2 Å². The first kappa shape index (κ1) is 17.4. The highest BCUT2D eigenvalue weighted by atomic mass is 16.5. The van der Waals surface area contributed by atoms with Crippen molar-refractivity contribution in [2.45, 2.75) is 50.7 Å². The van der Waals surface area contributed by atoms with Crippen LogP contribution in [0.3, 0.4) is 0 Å². The van der Waals surface area contributed by atoms with E-state index in [0.29, 0.717) is 5.75 Å². The van der Waals surface area contributed by atoms with E-state index in [0.717, 1.165) is 36.8 Å². The number of fused-ring (bicyclic) bond motifs is 1. The van der Waals surface area contributed by atoms with Crippen LogP contribution < -0.4 is 4.74 Å². The summed E-state index contributed by atoms with van der Waals surface area (Å²) < 4.78 is 11.5. The van der Waals surface area contributed by atoms with Gasteiger partial charge in [0.25, 0.3) is 0 Å². The Morgan fingerprint density at radius 1 is 1.12 bits per heavy atom. The van der Waals surface area contributed by atoms with Crippen LogP contribution in [0.5, 0.6) is 11.5 Å². The normalized spacial score (nSPS) is 21.8. The number of hydrogen-bond acceptors (Lipinski definition) is 4.